The van der Waals surface area contributed by atoms with Crippen LogP contribution < -0.4 is 10.1 Å². The number of fused-ring (bicyclic) bond motifs is 1. The van der Waals surface area contributed by atoms with E-state index >= 15 is 0 Å². The van der Waals surface area contributed by atoms with Crippen molar-refractivity contribution in [2.24, 2.45) is 0 Å². The summed E-state index contributed by atoms with van der Waals surface area (Å²) >= 11 is 0. The van der Waals surface area contributed by atoms with Crippen molar-refractivity contribution in [3.63, 3.8) is 0 Å². The van der Waals surface area contributed by atoms with E-state index in [-0.39, 0.29) is 17.5 Å². The predicted octanol–water partition coefficient (Wildman–Crippen LogP) is 5.58. The largest absolute Gasteiger partial charge is 0.434 e. The lowest BCUT2D eigenvalue weighted by atomic mass is 9.90. The fourth-order valence-electron chi connectivity index (χ4n) is 5.09. The van der Waals surface area contributed by atoms with E-state index in [4.69, 9.17) is 4.74 Å². The molecule has 2 aliphatic rings. The summed E-state index contributed by atoms with van der Waals surface area (Å²) in [6.45, 7) is 0.645. The Hall–Kier alpha value is -3.33. The number of halogens is 3. The highest BCUT2D eigenvalue weighted by atomic mass is 19.3. The lowest BCUT2D eigenvalue weighted by Crippen LogP contribution is -2.27. The van der Waals surface area contributed by atoms with Gasteiger partial charge in [0.25, 0.3) is 0 Å². The minimum atomic E-state index is -2.90. The van der Waals surface area contributed by atoms with Gasteiger partial charge >= 0.3 is 6.61 Å². The fraction of sp³-hybridized carbons (Fsp3) is 0.385. The van der Waals surface area contributed by atoms with Crippen LogP contribution in [0.2, 0.25) is 0 Å². The van der Waals surface area contributed by atoms with Gasteiger partial charge in [0.05, 0.1) is 23.8 Å². The van der Waals surface area contributed by atoms with Gasteiger partial charge in [-0.2, -0.15) is 13.9 Å². The SMILES string of the molecule is Cc1cc(F)c(C2CC2)cc1-n1cc(-c2cnc3cc(OC(F)F)c(C4CCNCC4)cn23)cn1. The Labute approximate surface area is 200 Å². The van der Waals surface area contributed by atoms with Gasteiger partial charge in [-0.15, -0.1) is 0 Å². The molecule has 0 atom stereocenters. The molecule has 6 nitrogen and oxygen atoms in total. The van der Waals surface area contributed by atoms with E-state index in [0.29, 0.717) is 11.6 Å². The Morgan fingerprint density at radius 3 is 2.51 bits per heavy atom. The second kappa shape index (κ2) is 8.71. The number of aromatic nitrogens is 4. The number of ether oxygens (including phenoxy) is 1. The second-order valence-electron chi connectivity index (χ2n) is 9.48. The normalized spacial score (nSPS) is 16.9. The standard InChI is InChI=1S/C26H26F3N5O/c1-15-8-21(27)19(16-2-3-16)9-22(15)34-13-18(11-32-34)23-12-31-25-10-24(35-26(28)29)20(14-33(23)25)17-4-6-30-7-5-17/h8-14,16-17,26,30H,2-7H2,1H3. The molecule has 0 amide bonds. The van der Waals surface area contributed by atoms with Crippen molar-refractivity contribution in [3.8, 4) is 22.7 Å². The number of alkyl halides is 2. The average Bonchev–Trinajstić information content (AvgIpc) is 3.42. The molecule has 35 heavy (non-hydrogen) atoms. The summed E-state index contributed by atoms with van der Waals surface area (Å²) in [6, 6.07) is 5.06. The molecule has 3 aromatic heterocycles. The maximum atomic E-state index is 14.4. The van der Waals surface area contributed by atoms with E-state index in [1.54, 1.807) is 29.2 Å². The number of benzene rings is 1. The monoisotopic (exact) mass is 481 g/mol. The zero-order valence-corrected chi connectivity index (χ0v) is 19.3. The molecule has 1 aromatic carbocycles. The van der Waals surface area contributed by atoms with Crippen molar-refractivity contribution < 1.29 is 17.9 Å². The number of hydrogen-bond acceptors (Lipinski definition) is 4. The van der Waals surface area contributed by atoms with E-state index in [2.05, 4.69) is 15.4 Å². The number of pyridine rings is 1. The summed E-state index contributed by atoms with van der Waals surface area (Å²) in [5, 5.41) is 7.86. The van der Waals surface area contributed by atoms with Crippen molar-refractivity contribution in [1.82, 2.24) is 24.5 Å². The minimum absolute atomic E-state index is 0.120. The Morgan fingerprint density at radius 2 is 1.77 bits per heavy atom. The van der Waals surface area contributed by atoms with Gasteiger partial charge in [-0.1, -0.05) is 0 Å². The zero-order chi connectivity index (χ0) is 24.1. The summed E-state index contributed by atoms with van der Waals surface area (Å²) in [6.07, 6.45) is 11.0. The van der Waals surface area contributed by atoms with E-state index in [0.717, 1.165) is 72.4 Å². The Balaban J connectivity index is 1.40. The second-order valence-corrected chi connectivity index (χ2v) is 9.48. The molecular weight excluding hydrogens is 455 g/mol. The summed E-state index contributed by atoms with van der Waals surface area (Å²) < 4.78 is 49.3. The molecule has 182 valence electrons. The van der Waals surface area contributed by atoms with Crippen molar-refractivity contribution >= 4 is 5.65 Å². The van der Waals surface area contributed by atoms with Crippen LogP contribution in [-0.2, 0) is 0 Å². The van der Waals surface area contributed by atoms with Crippen LogP contribution in [0.3, 0.4) is 0 Å². The smallest absolute Gasteiger partial charge is 0.387 e. The first-order valence-corrected chi connectivity index (χ1v) is 12.0. The molecule has 0 radical (unpaired) electrons. The van der Waals surface area contributed by atoms with Crippen molar-refractivity contribution in [1.29, 1.82) is 0 Å². The van der Waals surface area contributed by atoms with E-state index in [9.17, 15) is 13.2 Å². The molecule has 0 bridgehead atoms. The molecule has 6 rings (SSSR count). The summed E-state index contributed by atoms with van der Waals surface area (Å²) in [5.41, 5.74) is 5.30. The quantitative estimate of drug-likeness (QED) is 0.391. The molecule has 2 fully saturated rings. The number of hydrogen-bond donors (Lipinski definition) is 1. The highest BCUT2D eigenvalue weighted by Gasteiger charge is 2.28. The molecule has 4 aromatic rings. The molecule has 1 N–H and O–H groups in total. The molecule has 0 unspecified atom stereocenters. The van der Waals surface area contributed by atoms with Crippen LogP contribution in [0.1, 0.15) is 54.2 Å². The van der Waals surface area contributed by atoms with E-state index < -0.39 is 6.61 Å². The van der Waals surface area contributed by atoms with Crippen LogP contribution in [0, 0.1) is 12.7 Å². The third-order valence-corrected chi connectivity index (χ3v) is 7.09. The van der Waals surface area contributed by atoms with Crippen molar-refractivity contribution in [2.45, 2.75) is 51.1 Å². The van der Waals surface area contributed by atoms with Gasteiger partial charge in [0, 0.05) is 29.6 Å². The number of imidazole rings is 1. The topological polar surface area (TPSA) is 56.4 Å². The number of piperidine rings is 1. The maximum Gasteiger partial charge on any atom is 0.387 e. The minimum Gasteiger partial charge on any atom is -0.434 e. The Bertz CT molecular complexity index is 1390. The van der Waals surface area contributed by atoms with Gasteiger partial charge in [-0.3, -0.25) is 4.40 Å². The van der Waals surface area contributed by atoms with Crippen LogP contribution in [0.5, 0.6) is 5.75 Å². The van der Waals surface area contributed by atoms with Gasteiger partial charge in [-0.05, 0) is 80.8 Å². The van der Waals surface area contributed by atoms with E-state index in [1.165, 1.54) is 0 Å². The van der Waals surface area contributed by atoms with Gasteiger partial charge in [-0.25, -0.2) is 14.1 Å². The zero-order valence-electron chi connectivity index (χ0n) is 19.3. The summed E-state index contributed by atoms with van der Waals surface area (Å²) in [4.78, 5) is 4.45. The molecule has 4 heterocycles. The summed E-state index contributed by atoms with van der Waals surface area (Å²) in [7, 11) is 0. The number of nitrogens with zero attached hydrogens (tertiary/aromatic N) is 4. The highest BCUT2D eigenvalue weighted by molar-refractivity contribution is 5.65. The summed E-state index contributed by atoms with van der Waals surface area (Å²) in [5.74, 6) is 0.438. The first kappa shape index (κ1) is 22.2. The lowest BCUT2D eigenvalue weighted by molar-refractivity contribution is -0.0506. The maximum absolute atomic E-state index is 14.4. The first-order chi connectivity index (χ1) is 17.0. The molecule has 1 saturated heterocycles. The van der Waals surface area contributed by atoms with Gasteiger partial charge in [0.2, 0.25) is 0 Å². The van der Waals surface area contributed by atoms with Crippen molar-refractivity contribution in [2.75, 3.05) is 13.1 Å². The molecule has 1 aliphatic heterocycles. The molecular formula is C26H26F3N5O. The van der Waals surface area contributed by atoms with Crippen LogP contribution in [0.25, 0.3) is 22.6 Å². The lowest BCUT2D eigenvalue weighted by Gasteiger charge is -2.25. The Kier molecular flexibility index (Phi) is 5.51. The van der Waals surface area contributed by atoms with Gasteiger partial charge in [0.1, 0.15) is 17.2 Å². The Morgan fingerprint density at radius 1 is 1.00 bits per heavy atom. The third-order valence-electron chi connectivity index (χ3n) is 7.09. The highest BCUT2D eigenvalue weighted by Crippen LogP contribution is 2.42. The predicted molar refractivity (Wildman–Crippen MR) is 126 cm³/mol. The number of nitrogens with one attached hydrogen (secondary N) is 1. The van der Waals surface area contributed by atoms with Crippen LogP contribution in [0.4, 0.5) is 13.2 Å². The number of rotatable bonds is 6. The first-order valence-electron chi connectivity index (χ1n) is 12.0. The molecule has 0 spiro atoms. The average molecular weight is 482 g/mol. The van der Waals surface area contributed by atoms with Gasteiger partial charge in [0.15, 0.2) is 0 Å². The fourth-order valence-corrected chi connectivity index (χ4v) is 5.09. The van der Waals surface area contributed by atoms with E-state index in [1.807, 2.05) is 29.8 Å². The van der Waals surface area contributed by atoms with Crippen LogP contribution in [0.15, 0.2) is 43.0 Å². The van der Waals surface area contributed by atoms with Crippen LogP contribution >= 0.6 is 0 Å². The van der Waals surface area contributed by atoms with Gasteiger partial charge < -0.3 is 10.1 Å². The number of aryl methyl sites for hydroxylation is 1. The molecule has 1 saturated carbocycles. The van der Waals surface area contributed by atoms with Crippen molar-refractivity contribution in [3.05, 3.63) is 65.5 Å². The molecule has 9 heteroatoms. The molecule has 1 aliphatic carbocycles. The van der Waals surface area contributed by atoms with Crippen LogP contribution in [-0.4, -0.2) is 38.9 Å². The third kappa shape index (κ3) is 4.18.